The quantitative estimate of drug-likeness (QED) is 0.146. The maximum absolute atomic E-state index is 14.0. The number of carbonyl (C=O) groups is 3. The number of halogens is 3. The molecule has 17 heteroatoms. The van der Waals surface area contributed by atoms with E-state index in [2.05, 4.69) is 36.6 Å². The van der Waals surface area contributed by atoms with Crippen LogP contribution in [0.4, 0.5) is 23.7 Å². The summed E-state index contributed by atoms with van der Waals surface area (Å²) < 4.78 is 65.7. The summed E-state index contributed by atoms with van der Waals surface area (Å²) in [7, 11) is -3.88. The smallest absolute Gasteiger partial charge is 0.417 e. The van der Waals surface area contributed by atoms with Gasteiger partial charge < -0.3 is 21.1 Å². The van der Waals surface area contributed by atoms with Crippen molar-refractivity contribution in [2.45, 2.75) is 49.2 Å². The number of rotatable bonds is 11. The number of benzene rings is 3. The van der Waals surface area contributed by atoms with Crippen LogP contribution in [-0.2, 0) is 32.0 Å². The Balaban J connectivity index is 1.34. The predicted molar refractivity (Wildman–Crippen MR) is 175 cm³/mol. The van der Waals surface area contributed by atoms with Crippen LogP contribution in [0.25, 0.3) is 22.5 Å². The summed E-state index contributed by atoms with van der Waals surface area (Å²) in [5, 5.41) is 30.6. The summed E-state index contributed by atoms with van der Waals surface area (Å²) in [5.74, 6) is -0.787. The number of carboxylic acid groups (broad SMARTS) is 1. The monoisotopic (exact) mass is 713 g/mol. The Morgan fingerprint density at radius 2 is 1.62 bits per heavy atom. The molecule has 1 aliphatic carbocycles. The Kier molecular flexibility index (Phi) is 10.8. The number of sulfone groups is 1. The largest absolute Gasteiger partial charge is 0.465 e. The molecule has 3 aromatic carbocycles. The first-order valence-corrected chi connectivity index (χ1v) is 17.5. The van der Waals surface area contributed by atoms with Gasteiger partial charge in [-0.2, -0.15) is 18.4 Å². The molecule has 0 saturated heterocycles. The molecule has 5 N–H and O–H groups in total. The number of aromatic amines is 1. The van der Waals surface area contributed by atoms with Crippen LogP contribution >= 0.6 is 0 Å². The molecule has 0 bridgehead atoms. The molecule has 1 atom stereocenters. The molecule has 1 saturated carbocycles. The maximum atomic E-state index is 14.0. The van der Waals surface area contributed by atoms with E-state index in [4.69, 9.17) is 5.11 Å². The summed E-state index contributed by atoms with van der Waals surface area (Å²) in [6.45, 7) is 0.294. The van der Waals surface area contributed by atoms with Gasteiger partial charge in [-0.3, -0.25) is 9.59 Å². The van der Waals surface area contributed by atoms with Crippen molar-refractivity contribution < 1.29 is 41.1 Å². The fourth-order valence-corrected chi connectivity index (χ4v) is 6.52. The molecule has 0 spiro atoms. The molecule has 0 aliphatic heterocycles. The normalized spacial score (nSPS) is 17.0. The molecular weight excluding hydrogens is 679 g/mol. The highest BCUT2D eigenvalue weighted by molar-refractivity contribution is 7.90. The fourth-order valence-electron chi connectivity index (χ4n) is 5.87. The number of nitrogens with zero attached hydrogens (tertiary/aromatic N) is 3. The second kappa shape index (κ2) is 15.1. The van der Waals surface area contributed by atoms with Gasteiger partial charge in [0.05, 0.1) is 10.5 Å². The van der Waals surface area contributed by atoms with Gasteiger partial charge in [0.1, 0.15) is 6.04 Å². The van der Waals surface area contributed by atoms with Crippen LogP contribution in [0.5, 0.6) is 0 Å². The van der Waals surface area contributed by atoms with Gasteiger partial charge in [0.25, 0.3) is 0 Å². The third-order valence-electron chi connectivity index (χ3n) is 8.58. The van der Waals surface area contributed by atoms with Gasteiger partial charge in [0.15, 0.2) is 9.84 Å². The molecule has 1 aliphatic rings. The number of alkyl halides is 3. The van der Waals surface area contributed by atoms with Crippen LogP contribution in [0.3, 0.4) is 0 Å². The first kappa shape index (κ1) is 36.0. The van der Waals surface area contributed by atoms with Crippen molar-refractivity contribution in [3.05, 3.63) is 77.9 Å². The molecular formula is C33H34F3N7O6S. The number of carbonyl (C=O) groups excluding carboxylic acids is 2. The summed E-state index contributed by atoms with van der Waals surface area (Å²) in [6, 6.07) is 14.4. The van der Waals surface area contributed by atoms with Crippen LogP contribution in [-0.4, -0.2) is 70.9 Å². The molecule has 50 heavy (non-hydrogen) atoms. The van der Waals surface area contributed by atoms with Crippen LogP contribution in [0.15, 0.2) is 71.6 Å². The lowest BCUT2D eigenvalue weighted by Crippen LogP contribution is -2.48. The van der Waals surface area contributed by atoms with E-state index in [1.165, 1.54) is 12.1 Å². The summed E-state index contributed by atoms with van der Waals surface area (Å²) in [6.07, 6.45) is -2.80. The lowest BCUT2D eigenvalue weighted by Gasteiger charge is -2.29. The zero-order valence-corrected chi connectivity index (χ0v) is 27.5. The Bertz CT molecular complexity index is 1930. The lowest BCUT2D eigenvalue weighted by atomic mass is 9.81. The van der Waals surface area contributed by atoms with Crippen molar-refractivity contribution in [1.82, 2.24) is 31.3 Å². The van der Waals surface area contributed by atoms with Gasteiger partial charge in [-0.15, -0.1) is 10.2 Å². The SMILES string of the molecule is CS(=O)(=O)c1ccc(-c2ccc(C[C@H](NC(=O)[C@H]3CC[C@H](CNC(=O)O)CC3)C(=O)Nc3ccc(-c4nn[nH]n4)cc3)cc2)c(C(F)(F)F)c1. The number of aromatic nitrogens is 4. The average Bonchev–Trinajstić information content (AvgIpc) is 3.62. The van der Waals surface area contributed by atoms with Crippen LogP contribution < -0.4 is 16.0 Å². The van der Waals surface area contributed by atoms with Crippen molar-refractivity contribution in [2.24, 2.45) is 11.8 Å². The van der Waals surface area contributed by atoms with Gasteiger partial charge in [0, 0.05) is 36.4 Å². The molecule has 4 aromatic rings. The Labute approximate surface area is 285 Å². The zero-order chi connectivity index (χ0) is 36.1. The molecule has 1 heterocycles. The molecule has 0 unspecified atom stereocenters. The van der Waals surface area contributed by atoms with E-state index in [1.807, 2.05) is 0 Å². The minimum Gasteiger partial charge on any atom is -0.465 e. The van der Waals surface area contributed by atoms with E-state index in [1.54, 1.807) is 36.4 Å². The maximum Gasteiger partial charge on any atom is 0.417 e. The summed E-state index contributed by atoms with van der Waals surface area (Å²) >= 11 is 0. The van der Waals surface area contributed by atoms with E-state index in [0.717, 1.165) is 18.4 Å². The van der Waals surface area contributed by atoms with E-state index in [9.17, 15) is 36.0 Å². The molecule has 264 valence electrons. The third kappa shape index (κ3) is 9.22. The number of amides is 3. The van der Waals surface area contributed by atoms with E-state index >= 15 is 0 Å². The standard InChI is InChI=1S/C33H34F3N7O6S/c1-50(48,49)25-14-15-26(27(17-25)33(34,35)36)21-6-2-19(3-7-21)16-28(39-30(44)23-8-4-20(5-9-23)18-37-32(46)47)31(45)38-24-12-10-22(11-13-24)29-40-42-43-41-29/h2-3,6-7,10-15,17,20,23,28,37H,4-5,8-9,16,18H2,1H3,(H,38,45)(H,39,44)(H,46,47)(H,40,41,42,43)/t20-,23-,28-/m0/s1. The van der Waals surface area contributed by atoms with Crippen molar-refractivity contribution >= 4 is 33.4 Å². The van der Waals surface area contributed by atoms with Gasteiger partial charge in [-0.05, 0) is 89.9 Å². The molecule has 1 aromatic heterocycles. The van der Waals surface area contributed by atoms with E-state index in [-0.39, 0.29) is 29.4 Å². The summed E-state index contributed by atoms with van der Waals surface area (Å²) in [5.41, 5.74) is 0.499. The van der Waals surface area contributed by atoms with Crippen molar-refractivity contribution in [1.29, 1.82) is 0 Å². The van der Waals surface area contributed by atoms with Gasteiger partial charge in [-0.25, -0.2) is 13.2 Å². The first-order chi connectivity index (χ1) is 23.7. The summed E-state index contributed by atoms with van der Waals surface area (Å²) in [4.78, 5) is 37.4. The van der Waals surface area contributed by atoms with Crippen LogP contribution in [0.2, 0.25) is 0 Å². The Morgan fingerprint density at radius 1 is 0.960 bits per heavy atom. The third-order valence-corrected chi connectivity index (χ3v) is 9.69. The second-order valence-electron chi connectivity index (χ2n) is 12.1. The minimum atomic E-state index is -4.82. The second-order valence-corrected chi connectivity index (χ2v) is 14.2. The number of H-pyrrole nitrogens is 1. The zero-order valence-electron chi connectivity index (χ0n) is 26.7. The highest BCUT2D eigenvalue weighted by Crippen LogP contribution is 2.38. The van der Waals surface area contributed by atoms with Crippen molar-refractivity contribution in [3.63, 3.8) is 0 Å². The molecule has 1 fully saturated rings. The topological polar surface area (TPSA) is 196 Å². The minimum absolute atomic E-state index is 0.00974. The first-order valence-electron chi connectivity index (χ1n) is 15.6. The highest BCUT2D eigenvalue weighted by atomic mass is 32.2. The van der Waals surface area contributed by atoms with Crippen LogP contribution in [0.1, 0.15) is 36.8 Å². The average molecular weight is 714 g/mol. The van der Waals surface area contributed by atoms with Crippen molar-refractivity contribution in [3.8, 4) is 22.5 Å². The number of anilines is 1. The van der Waals surface area contributed by atoms with Crippen LogP contribution in [0, 0.1) is 11.8 Å². The lowest BCUT2D eigenvalue weighted by molar-refractivity contribution is -0.137. The highest BCUT2D eigenvalue weighted by Gasteiger charge is 2.35. The Morgan fingerprint density at radius 3 is 2.20 bits per heavy atom. The van der Waals surface area contributed by atoms with E-state index < -0.39 is 50.4 Å². The fraction of sp³-hybridized carbons (Fsp3) is 0.333. The number of hydrogen-bond donors (Lipinski definition) is 5. The molecule has 5 rings (SSSR count). The van der Waals surface area contributed by atoms with Gasteiger partial charge >= 0.3 is 12.3 Å². The molecule has 0 radical (unpaired) electrons. The molecule has 13 nitrogen and oxygen atoms in total. The number of hydrogen-bond acceptors (Lipinski definition) is 8. The van der Waals surface area contributed by atoms with Gasteiger partial charge in [0.2, 0.25) is 17.6 Å². The van der Waals surface area contributed by atoms with Gasteiger partial charge in [-0.1, -0.05) is 30.3 Å². The predicted octanol–water partition coefficient (Wildman–Crippen LogP) is 4.70. The molecule has 3 amide bonds. The Hall–Kier alpha value is -5.32. The van der Waals surface area contributed by atoms with E-state index in [0.29, 0.717) is 60.9 Å². The number of tetrazole rings is 1. The van der Waals surface area contributed by atoms with Crippen molar-refractivity contribution in [2.75, 3.05) is 18.1 Å². The number of nitrogens with one attached hydrogen (secondary N) is 4.